The minimum absolute atomic E-state index is 0.221. The van der Waals surface area contributed by atoms with Gasteiger partial charge in [-0.05, 0) is 63.8 Å². The quantitative estimate of drug-likeness (QED) is 0.438. The Morgan fingerprint density at radius 2 is 1.91 bits per heavy atom. The summed E-state index contributed by atoms with van der Waals surface area (Å²) in [5, 5.41) is 8.90. The van der Waals surface area contributed by atoms with Crippen LogP contribution in [0, 0.1) is 6.92 Å². The number of likely N-dealkylation sites (tertiary alicyclic amines) is 1. The molecule has 0 radical (unpaired) electrons. The minimum Gasteiger partial charge on any atom is -0.444 e. The van der Waals surface area contributed by atoms with Gasteiger partial charge >= 0.3 is 6.09 Å². The molecule has 4 aromatic rings. The van der Waals surface area contributed by atoms with Crippen LogP contribution >= 0.6 is 11.3 Å². The molecular formula is C23H28N6O2S. The van der Waals surface area contributed by atoms with E-state index in [1.54, 1.807) is 16.1 Å². The van der Waals surface area contributed by atoms with Gasteiger partial charge in [0.05, 0.1) is 10.6 Å². The molecule has 0 bridgehead atoms. The molecule has 0 N–H and O–H groups in total. The predicted octanol–water partition coefficient (Wildman–Crippen LogP) is 4.77. The summed E-state index contributed by atoms with van der Waals surface area (Å²) in [6, 6.07) is 4.25. The summed E-state index contributed by atoms with van der Waals surface area (Å²) in [4.78, 5) is 22.8. The van der Waals surface area contributed by atoms with E-state index in [0.29, 0.717) is 19.0 Å². The number of fused-ring (bicyclic) bond motifs is 2. The summed E-state index contributed by atoms with van der Waals surface area (Å²) in [6.45, 7) is 9.17. The zero-order valence-electron chi connectivity index (χ0n) is 19.1. The van der Waals surface area contributed by atoms with Crippen LogP contribution in [0.4, 0.5) is 4.79 Å². The van der Waals surface area contributed by atoms with Crippen molar-refractivity contribution >= 4 is 33.4 Å². The maximum atomic E-state index is 12.3. The van der Waals surface area contributed by atoms with Crippen LogP contribution in [0.3, 0.4) is 0 Å². The third kappa shape index (κ3) is 3.97. The van der Waals surface area contributed by atoms with Crippen LogP contribution in [-0.4, -0.2) is 54.1 Å². The first-order chi connectivity index (χ1) is 15.2. The van der Waals surface area contributed by atoms with Crippen molar-refractivity contribution in [3.05, 3.63) is 35.8 Å². The van der Waals surface area contributed by atoms with Crippen molar-refractivity contribution in [3.63, 3.8) is 0 Å². The molecule has 1 aliphatic rings. The highest BCUT2D eigenvalue weighted by atomic mass is 32.1. The average molecular weight is 453 g/mol. The van der Waals surface area contributed by atoms with Crippen LogP contribution in [0.5, 0.6) is 0 Å². The lowest BCUT2D eigenvalue weighted by Crippen LogP contribution is -2.41. The number of benzene rings is 1. The van der Waals surface area contributed by atoms with Crippen LogP contribution in [0.1, 0.15) is 50.8 Å². The fourth-order valence-electron chi connectivity index (χ4n) is 4.26. The number of imidazole rings is 1. The molecule has 0 spiro atoms. The number of thiazole rings is 1. The standard InChI is InChI=1S/C23H28N6O2S/c1-14-10-16(11-17-20(14)26-27(5)25-17)19-13-29-12-18(24-21(29)32-19)15-6-8-28(9-7-15)22(30)31-23(2,3)4/h10-13,15H,6-9H2,1-5H3. The first kappa shape index (κ1) is 20.9. The SMILES string of the molecule is Cc1cc(-c2cn3cc(C4CCN(C(=O)OC(C)(C)C)CC4)nc3s2)cc2nn(C)nc12. The van der Waals surface area contributed by atoms with E-state index in [1.165, 1.54) is 0 Å². The summed E-state index contributed by atoms with van der Waals surface area (Å²) in [7, 11) is 1.85. The van der Waals surface area contributed by atoms with Crippen LogP contribution in [0.25, 0.3) is 26.4 Å². The predicted molar refractivity (Wildman–Crippen MR) is 125 cm³/mol. The van der Waals surface area contributed by atoms with Crippen molar-refractivity contribution in [2.24, 2.45) is 7.05 Å². The fourth-order valence-corrected chi connectivity index (χ4v) is 5.22. The van der Waals surface area contributed by atoms with Crippen molar-refractivity contribution in [1.29, 1.82) is 0 Å². The van der Waals surface area contributed by atoms with Gasteiger partial charge in [0, 0.05) is 38.4 Å². The van der Waals surface area contributed by atoms with Crippen molar-refractivity contribution in [3.8, 4) is 10.4 Å². The van der Waals surface area contributed by atoms with Gasteiger partial charge in [-0.15, -0.1) is 0 Å². The molecule has 4 heterocycles. The first-order valence-electron chi connectivity index (χ1n) is 10.9. The Hall–Kier alpha value is -2.94. The maximum absolute atomic E-state index is 12.3. The molecule has 9 heteroatoms. The van der Waals surface area contributed by atoms with E-state index >= 15 is 0 Å². The second-order valence-corrected chi connectivity index (χ2v) is 10.6. The third-order valence-electron chi connectivity index (χ3n) is 5.80. The van der Waals surface area contributed by atoms with Gasteiger partial charge in [-0.1, -0.05) is 11.3 Å². The molecule has 5 rings (SSSR count). The zero-order chi connectivity index (χ0) is 22.6. The highest BCUT2D eigenvalue weighted by Gasteiger charge is 2.28. The number of hydrogen-bond acceptors (Lipinski definition) is 6. The second kappa shape index (κ2) is 7.58. The second-order valence-electron chi connectivity index (χ2n) is 9.54. The molecule has 3 aromatic heterocycles. The first-order valence-corrected chi connectivity index (χ1v) is 11.8. The van der Waals surface area contributed by atoms with Gasteiger partial charge in [-0.2, -0.15) is 15.0 Å². The van der Waals surface area contributed by atoms with Gasteiger partial charge in [0.1, 0.15) is 16.6 Å². The Bertz CT molecular complexity index is 1270. The minimum atomic E-state index is -0.462. The van der Waals surface area contributed by atoms with E-state index in [-0.39, 0.29) is 6.09 Å². The lowest BCUT2D eigenvalue weighted by molar-refractivity contribution is 0.0204. The molecule has 1 fully saturated rings. The number of rotatable bonds is 2. The monoisotopic (exact) mass is 452 g/mol. The maximum Gasteiger partial charge on any atom is 0.410 e. The topological polar surface area (TPSA) is 77.5 Å². The summed E-state index contributed by atoms with van der Waals surface area (Å²) in [5.74, 6) is 0.363. The summed E-state index contributed by atoms with van der Waals surface area (Å²) >= 11 is 1.68. The molecule has 168 valence electrons. The number of ether oxygens (including phenoxy) is 1. The van der Waals surface area contributed by atoms with Gasteiger partial charge in [-0.3, -0.25) is 4.40 Å². The molecule has 0 saturated carbocycles. The van der Waals surface area contributed by atoms with Crippen molar-refractivity contribution in [2.75, 3.05) is 13.1 Å². The Labute approximate surface area is 190 Å². The average Bonchev–Trinajstić information content (AvgIpc) is 3.39. The van der Waals surface area contributed by atoms with Gasteiger partial charge in [0.2, 0.25) is 0 Å². The summed E-state index contributed by atoms with van der Waals surface area (Å²) < 4.78 is 7.62. The molecule has 0 aliphatic carbocycles. The molecule has 1 aliphatic heterocycles. The highest BCUT2D eigenvalue weighted by Crippen LogP contribution is 2.34. The van der Waals surface area contributed by atoms with Gasteiger partial charge in [0.15, 0.2) is 4.96 Å². The summed E-state index contributed by atoms with van der Waals surface area (Å²) in [5.41, 5.74) is 4.75. The molecule has 1 saturated heterocycles. The van der Waals surface area contributed by atoms with Gasteiger partial charge in [0.25, 0.3) is 0 Å². The highest BCUT2D eigenvalue weighted by molar-refractivity contribution is 7.20. The largest absolute Gasteiger partial charge is 0.444 e. The Morgan fingerprint density at radius 1 is 1.16 bits per heavy atom. The van der Waals surface area contributed by atoms with E-state index in [2.05, 4.69) is 46.0 Å². The number of amides is 1. The summed E-state index contributed by atoms with van der Waals surface area (Å²) in [6.07, 6.45) is 5.86. The van der Waals surface area contributed by atoms with Crippen LogP contribution < -0.4 is 0 Å². The molecular weight excluding hydrogens is 424 g/mol. The number of hydrogen-bond donors (Lipinski definition) is 0. The number of piperidine rings is 1. The smallest absolute Gasteiger partial charge is 0.410 e. The zero-order valence-corrected chi connectivity index (χ0v) is 19.9. The van der Waals surface area contributed by atoms with Crippen molar-refractivity contribution < 1.29 is 9.53 Å². The van der Waals surface area contributed by atoms with Gasteiger partial charge < -0.3 is 9.64 Å². The van der Waals surface area contributed by atoms with Crippen molar-refractivity contribution in [2.45, 2.75) is 52.1 Å². The van der Waals surface area contributed by atoms with E-state index in [1.807, 2.05) is 32.7 Å². The normalized spacial score (nSPS) is 15.7. The molecule has 0 unspecified atom stereocenters. The van der Waals surface area contributed by atoms with E-state index in [9.17, 15) is 4.79 Å². The Kier molecular flexibility index (Phi) is 4.96. The Balaban J connectivity index is 1.31. The fraction of sp³-hybridized carbons (Fsp3) is 0.478. The van der Waals surface area contributed by atoms with Crippen LogP contribution in [-0.2, 0) is 11.8 Å². The molecule has 0 atom stereocenters. The number of carbonyl (C=O) groups is 1. The van der Waals surface area contributed by atoms with E-state index in [4.69, 9.17) is 9.72 Å². The third-order valence-corrected chi connectivity index (χ3v) is 6.85. The van der Waals surface area contributed by atoms with Crippen LogP contribution in [0.2, 0.25) is 0 Å². The molecule has 1 aromatic carbocycles. The lowest BCUT2D eigenvalue weighted by atomic mass is 9.94. The molecule has 32 heavy (non-hydrogen) atoms. The van der Waals surface area contributed by atoms with Crippen molar-refractivity contribution in [1.82, 2.24) is 29.3 Å². The molecule has 8 nitrogen and oxygen atoms in total. The van der Waals surface area contributed by atoms with Crippen LogP contribution in [0.15, 0.2) is 24.5 Å². The number of aryl methyl sites for hydroxylation is 2. The van der Waals surface area contributed by atoms with E-state index < -0.39 is 5.60 Å². The molecule has 1 amide bonds. The Morgan fingerprint density at radius 3 is 2.59 bits per heavy atom. The number of carbonyl (C=O) groups excluding carboxylic acids is 1. The van der Waals surface area contributed by atoms with E-state index in [0.717, 1.165) is 50.5 Å². The number of nitrogens with zero attached hydrogens (tertiary/aromatic N) is 6. The lowest BCUT2D eigenvalue weighted by Gasteiger charge is -2.32. The number of aromatic nitrogens is 5. The van der Waals surface area contributed by atoms with Gasteiger partial charge in [-0.25, -0.2) is 9.78 Å².